The first-order valence-electron chi connectivity index (χ1n) is 2.73. The molecule has 0 heterocycles. The fourth-order valence-electron chi connectivity index (χ4n) is 0.272. The third-order valence-corrected chi connectivity index (χ3v) is 2.01. The number of thioether (sulfide) groups is 1. The van der Waals surface area contributed by atoms with Crippen molar-refractivity contribution in [2.75, 3.05) is 5.75 Å². The maximum atomic E-state index is 9.92. The van der Waals surface area contributed by atoms with Gasteiger partial charge in [0.05, 0.1) is 16.6 Å². The van der Waals surface area contributed by atoms with Crippen LogP contribution >= 0.6 is 11.8 Å². The largest absolute Gasteiger partial charge is 0.365 e. The number of rotatable bonds is 3. The molecular formula is C6H8NO2S. The third kappa shape index (κ3) is 4.21. The predicted octanol–water partition coefficient (Wildman–Crippen LogP) is 0.979. The van der Waals surface area contributed by atoms with Gasteiger partial charge in [0.25, 0.3) is 0 Å². The van der Waals surface area contributed by atoms with Crippen molar-refractivity contribution in [1.82, 2.24) is 0 Å². The van der Waals surface area contributed by atoms with Crippen molar-refractivity contribution in [3.05, 3.63) is 0 Å². The Hall–Kier alpha value is -0.690. The fourth-order valence-corrected chi connectivity index (χ4v) is 0.815. The van der Waals surface area contributed by atoms with Crippen molar-refractivity contribution >= 4 is 17.7 Å². The molecule has 0 bridgehead atoms. The molecule has 0 saturated heterocycles. The molecule has 0 atom stereocenters. The van der Waals surface area contributed by atoms with E-state index in [-0.39, 0.29) is 5.75 Å². The number of hydrogen-bond acceptors (Lipinski definition) is 3. The first-order valence-corrected chi connectivity index (χ1v) is 3.71. The van der Waals surface area contributed by atoms with Crippen molar-refractivity contribution in [1.29, 1.82) is 5.26 Å². The quantitative estimate of drug-likeness (QED) is 0.615. The number of hydrogen-bond donors (Lipinski definition) is 0. The molecule has 1 radical (unpaired) electrons. The lowest BCUT2D eigenvalue weighted by Crippen LogP contribution is -2.14. The molecule has 10 heavy (non-hydrogen) atoms. The van der Waals surface area contributed by atoms with Gasteiger partial charge in [-0.3, -0.25) is 0 Å². The summed E-state index contributed by atoms with van der Waals surface area (Å²) in [4.78, 5) is 9.92. The summed E-state index contributed by atoms with van der Waals surface area (Å²) < 4.78 is -0.625. The van der Waals surface area contributed by atoms with Crippen molar-refractivity contribution in [2.45, 2.75) is 18.6 Å². The van der Waals surface area contributed by atoms with E-state index in [0.29, 0.717) is 0 Å². The molecule has 0 saturated carbocycles. The second kappa shape index (κ2) is 3.47. The lowest BCUT2D eigenvalue weighted by atomic mass is 10.2. The Balaban J connectivity index is 3.71. The molecule has 55 valence electrons. The molecule has 3 nitrogen and oxygen atoms in total. The van der Waals surface area contributed by atoms with E-state index in [2.05, 4.69) is 0 Å². The van der Waals surface area contributed by atoms with E-state index in [1.54, 1.807) is 13.8 Å². The number of carbonyl (C=O) groups excluding carboxylic acids is 1. The van der Waals surface area contributed by atoms with Crippen LogP contribution in [0.3, 0.4) is 0 Å². The molecule has 0 aliphatic carbocycles. The zero-order valence-electron chi connectivity index (χ0n) is 5.88. The summed E-state index contributed by atoms with van der Waals surface area (Å²) in [5.74, 6) is -1.26. The van der Waals surface area contributed by atoms with E-state index in [4.69, 9.17) is 5.26 Å². The van der Waals surface area contributed by atoms with E-state index in [1.165, 1.54) is 0 Å². The highest BCUT2D eigenvalue weighted by atomic mass is 32.2. The molecule has 0 unspecified atom stereocenters. The summed E-state index contributed by atoms with van der Waals surface area (Å²) >= 11 is 1.06. The van der Waals surface area contributed by atoms with Gasteiger partial charge in [0.1, 0.15) is 0 Å². The summed E-state index contributed by atoms with van der Waals surface area (Å²) in [7, 11) is 0. The van der Waals surface area contributed by atoms with Crippen molar-refractivity contribution in [3.63, 3.8) is 0 Å². The second-order valence-corrected chi connectivity index (χ2v) is 3.88. The molecule has 0 aromatic rings. The molecule has 0 aliphatic rings. The molecule has 0 fully saturated rings. The Morgan fingerprint density at radius 3 is 2.50 bits per heavy atom. The van der Waals surface area contributed by atoms with Crippen LogP contribution in [0.5, 0.6) is 0 Å². The first kappa shape index (κ1) is 9.31. The van der Waals surface area contributed by atoms with Crippen molar-refractivity contribution in [3.8, 4) is 6.07 Å². The highest BCUT2D eigenvalue weighted by molar-refractivity contribution is 8.01. The lowest BCUT2D eigenvalue weighted by Gasteiger charge is -2.10. The molecule has 0 N–H and O–H groups in total. The van der Waals surface area contributed by atoms with Crippen LogP contribution in [-0.2, 0) is 9.90 Å². The van der Waals surface area contributed by atoms with E-state index in [0.717, 1.165) is 11.8 Å². The second-order valence-electron chi connectivity index (χ2n) is 2.28. The monoisotopic (exact) mass is 158 g/mol. The molecule has 0 aromatic heterocycles. The minimum absolute atomic E-state index is 0.124. The molecule has 4 heteroatoms. The maximum absolute atomic E-state index is 9.92. The van der Waals surface area contributed by atoms with Crippen LogP contribution in [0.15, 0.2) is 0 Å². The number of nitriles is 1. The van der Waals surface area contributed by atoms with Crippen LogP contribution in [0, 0.1) is 11.3 Å². The third-order valence-electron chi connectivity index (χ3n) is 0.820. The molecular weight excluding hydrogens is 150 g/mol. The summed E-state index contributed by atoms with van der Waals surface area (Å²) in [5.41, 5.74) is 0. The van der Waals surface area contributed by atoms with Crippen LogP contribution < -0.4 is 0 Å². The first-order chi connectivity index (χ1) is 4.48. The van der Waals surface area contributed by atoms with Crippen LogP contribution in [0.2, 0.25) is 0 Å². The van der Waals surface area contributed by atoms with E-state index >= 15 is 0 Å². The van der Waals surface area contributed by atoms with E-state index in [1.807, 2.05) is 6.07 Å². The molecule has 0 aliphatic heterocycles. The zero-order valence-corrected chi connectivity index (χ0v) is 6.70. The maximum Gasteiger partial charge on any atom is 0.365 e. The minimum Gasteiger partial charge on any atom is -0.246 e. The van der Waals surface area contributed by atoms with Gasteiger partial charge < -0.3 is 0 Å². The smallest absolute Gasteiger partial charge is 0.246 e. The Kier molecular flexibility index (Phi) is 3.23. The number of nitrogens with zero attached hydrogens (tertiary/aromatic N) is 1. The SMILES string of the molecule is CC(C)(C#N)SCC([O])=O. The van der Waals surface area contributed by atoms with Gasteiger partial charge in [-0.15, -0.1) is 11.8 Å². The highest BCUT2D eigenvalue weighted by Crippen LogP contribution is 2.22. The van der Waals surface area contributed by atoms with Gasteiger partial charge in [0.15, 0.2) is 0 Å². The van der Waals surface area contributed by atoms with E-state index < -0.39 is 10.7 Å². The Morgan fingerprint density at radius 2 is 2.20 bits per heavy atom. The van der Waals surface area contributed by atoms with Crippen LogP contribution in [0.1, 0.15) is 13.8 Å². The van der Waals surface area contributed by atoms with Gasteiger partial charge >= 0.3 is 5.97 Å². The van der Waals surface area contributed by atoms with Gasteiger partial charge in [0, 0.05) is 0 Å². The summed E-state index contributed by atoms with van der Waals surface area (Å²) in [6, 6.07) is 1.97. The average Bonchev–Trinajstić information content (AvgIpc) is 1.85. The standard InChI is InChI=1S/C6H8NO2S/c1-6(2,4-7)10-3-5(8)9/h3H2,1-2H3. The Morgan fingerprint density at radius 1 is 1.70 bits per heavy atom. The predicted molar refractivity (Wildman–Crippen MR) is 37.8 cm³/mol. The molecule has 0 aromatic carbocycles. The Labute approximate surface area is 64.0 Å². The van der Waals surface area contributed by atoms with Crippen LogP contribution in [0.4, 0.5) is 0 Å². The van der Waals surface area contributed by atoms with Crippen LogP contribution in [0.25, 0.3) is 0 Å². The fraction of sp³-hybridized carbons (Fsp3) is 0.667. The van der Waals surface area contributed by atoms with Gasteiger partial charge in [-0.25, -0.2) is 9.90 Å². The summed E-state index contributed by atoms with van der Waals surface area (Å²) in [6.07, 6.45) is 0. The van der Waals surface area contributed by atoms with Crippen LogP contribution in [-0.4, -0.2) is 16.5 Å². The molecule has 0 rings (SSSR count). The zero-order chi connectivity index (χ0) is 8.20. The Bertz CT molecular complexity index is 171. The number of carbonyl (C=O) groups is 1. The van der Waals surface area contributed by atoms with Gasteiger partial charge in [-0.1, -0.05) is 0 Å². The topological polar surface area (TPSA) is 60.8 Å². The van der Waals surface area contributed by atoms with Gasteiger partial charge in [-0.05, 0) is 13.8 Å². The molecule has 0 amide bonds. The summed E-state index contributed by atoms with van der Waals surface area (Å²) in [5, 5.41) is 18.3. The van der Waals surface area contributed by atoms with Gasteiger partial charge in [-0.2, -0.15) is 5.26 Å². The van der Waals surface area contributed by atoms with Crippen molar-refractivity contribution < 1.29 is 9.90 Å². The minimum atomic E-state index is -1.13. The van der Waals surface area contributed by atoms with Crippen molar-refractivity contribution in [2.24, 2.45) is 0 Å². The lowest BCUT2D eigenvalue weighted by molar-refractivity contribution is -0.139. The van der Waals surface area contributed by atoms with Gasteiger partial charge in [0.2, 0.25) is 0 Å². The highest BCUT2D eigenvalue weighted by Gasteiger charge is 2.18. The van der Waals surface area contributed by atoms with E-state index in [9.17, 15) is 9.90 Å². The summed E-state index contributed by atoms with van der Waals surface area (Å²) in [6.45, 7) is 3.33. The normalized spacial score (nSPS) is 10.5. The molecule has 0 spiro atoms. The average molecular weight is 158 g/mol.